The van der Waals surface area contributed by atoms with Crippen LogP contribution in [0, 0.1) is 5.82 Å². The van der Waals surface area contributed by atoms with Gasteiger partial charge in [-0.3, -0.25) is 14.8 Å². The van der Waals surface area contributed by atoms with Gasteiger partial charge >= 0.3 is 6.18 Å². The van der Waals surface area contributed by atoms with Crippen LogP contribution in [0.1, 0.15) is 18.4 Å². The monoisotopic (exact) mass is 433 g/mol. The molecule has 1 aliphatic heterocycles. The van der Waals surface area contributed by atoms with Crippen LogP contribution in [0.2, 0.25) is 0 Å². The zero-order valence-electron chi connectivity index (χ0n) is 17.7. The number of piperidine rings is 1. The van der Waals surface area contributed by atoms with E-state index in [4.69, 9.17) is 4.74 Å². The highest BCUT2D eigenvalue weighted by Crippen LogP contribution is 2.20. The lowest BCUT2D eigenvalue weighted by atomic mass is 10.0. The summed E-state index contributed by atoms with van der Waals surface area (Å²) in [6.45, 7) is 2.09. The first kappa shape index (κ1) is 24.2. The Hall–Kier alpha value is -2.07. The van der Waals surface area contributed by atoms with Crippen LogP contribution >= 0.6 is 0 Å². The minimum absolute atomic E-state index is 0.230. The number of likely N-dealkylation sites (N-methyl/N-ethyl adjacent to an activating group) is 1. The second-order valence-electron chi connectivity index (χ2n) is 7.52. The summed E-state index contributed by atoms with van der Waals surface area (Å²) in [7, 11) is 4.53. The van der Waals surface area contributed by atoms with Gasteiger partial charge in [0.25, 0.3) is 0 Å². The number of guanidine groups is 1. The molecule has 1 heterocycles. The molecule has 0 bridgehead atoms. The summed E-state index contributed by atoms with van der Waals surface area (Å²) in [6.07, 6.45) is -2.40. The van der Waals surface area contributed by atoms with Gasteiger partial charge < -0.3 is 15.4 Å². The second-order valence-corrected chi connectivity index (χ2v) is 7.52. The van der Waals surface area contributed by atoms with Gasteiger partial charge in [0, 0.05) is 45.8 Å². The Balaban J connectivity index is 1.70. The summed E-state index contributed by atoms with van der Waals surface area (Å²) in [5.74, 6) is 0.471. The molecule has 0 unspecified atom stereocenters. The maximum atomic E-state index is 13.8. The molecule has 10 heteroatoms. The predicted molar refractivity (Wildman–Crippen MR) is 109 cm³/mol. The lowest BCUT2D eigenvalue weighted by Crippen LogP contribution is -2.49. The Labute approximate surface area is 175 Å². The van der Waals surface area contributed by atoms with Gasteiger partial charge in [-0.25, -0.2) is 4.39 Å². The molecule has 6 nitrogen and oxygen atoms in total. The van der Waals surface area contributed by atoms with E-state index in [2.05, 4.69) is 20.5 Å². The Morgan fingerprint density at radius 2 is 2.00 bits per heavy atom. The molecule has 0 aliphatic carbocycles. The number of rotatable bonds is 8. The number of hydrogen-bond donors (Lipinski definition) is 2. The van der Waals surface area contributed by atoms with Crippen molar-refractivity contribution in [1.29, 1.82) is 0 Å². The first-order valence-electron chi connectivity index (χ1n) is 9.97. The van der Waals surface area contributed by atoms with Crippen molar-refractivity contribution in [3.63, 3.8) is 0 Å². The molecule has 2 N–H and O–H groups in total. The van der Waals surface area contributed by atoms with Crippen molar-refractivity contribution in [1.82, 2.24) is 20.4 Å². The molecule has 1 aromatic carbocycles. The van der Waals surface area contributed by atoms with Crippen LogP contribution in [0.3, 0.4) is 0 Å². The normalized spacial score (nSPS) is 16.7. The second kappa shape index (κ2) is 11.4. The van der Waals surface area contributed by atoms with Crippen molar-refractivity contribution in [2.75, 3.05) is 53.9 Å². The summed E-state index contributed by atoms with van der Waals surface area (Å²) in [5, 5.41) is 6.40. The third-order valence-electron chi connectivity index (χ3n) is 5.01. The lowest BCUT2D eigenvalue weighted by Gasteiger charge is -2.33. The largest absolute Gasteiger partial charge is 0.494 e. The van der Waals surface area contributed by atoms with Gasteiger partial charge in [0.1, 0.15) is 0 Å². The average molecular weight is 433 g/mol. The number of hydrogen-bond acceptors (Lipinski definition) is 4. The number of likely N-dealkylation sites (tertiary alicyclic amines) is 1. The smallest absolute Gasteiger partial charge is 0.401 e. The highest BCUT2D eigenvalue weighted by molar-refractivity contribution is 5.79. The molecule has 30 heavy (non-hydrogen) atoms. The number of methoxy groups -OCH3 is 1. The molecule has 1 aromatic rings. The van der Waals surface area contributed by atoms with E-state index < -0.39 is 12.7 Å². The van der Waals surface area contributed by atoms with E-state index in [1.54, 1.807) is 13.1 Å². The van der Waals surface area contributed by atoms with Gasteiger partial charge in [0.05, 0.1) is 13.7 Å². The van der Waals surface area contributed by atoms with E-state index in [1.807, 2.05) is 6.07 Å². The van der Waals surface area contributed by atoms with Crippen LogP contribution in [0.15, 0.2) is 23.2 Å². The molecule has 1 aliphatic rings. The maximum Gasteiger partial charge on any atom is 0.401 e. The van der Waals surface area contributed by atoms with Gasteiger partial charge in [-0.15, -0.1) is 0 Å². The van der Waals surface area contributed by atoms with Crippen LogP contribution < -0.4 is 15.4 Å². The van der Waals surface area contributed by atoms with Crippen molar-refractivity contribution >= 4 is 5.96 Å². The molecule has 170 valence electrons. The summed E-state index contributed by atoms with van der Waals surface area (Å²) in [5.41, 5.74) is 0.903. The molecule has 2 rings (SSSR count). The average Bonchev–Trinajstić information content (AvgIpc) is 2.67. The molecule has 1 saturated heterocycles. The molecule has 0 spiro atoms. The SMILES string of the molecule is CN=C(NCCN(C)CC(F)(F)F)NC1CCN(Cc2ccc(OC)c(F)c2)CC1. The molecule has 0 atom stereocenters. The third-order valence-corrected chi connectivity index (χ3v) is 5.01. The number of alkyl halides is 3. The number of nitrogens with zero attached hydrogens (tertiary/aromatic N) is 3. The Kier molecular flexibility index (Phi) is 9.16. The van der Waals surface area contributed by atoms with Crippen LogP contribution in [-0.2, 0) is 6.54 Å². The zero-order chi connectivity index (χ0) is 22.1. The van der Waals surface area contributed by atoms with Gasteiger partial charge in [0.15, 0.2) is 17.5 Å². The van der Waals surface area contributed by atoms with E-state index in [1.165, 1.54) is 25.1 Å². The minimum Gasteiger partial charge on any atom is -0.494 e. The molecule has 0 saturated carbocycles. The van der Waals surface area contributed by atoms with Crippen molar-refractivity contribution < 1.29 is 22.3 Å². The van der Waals surface area contributed by atoms with E-state index >= 15 is 0 Å². The molecule has 0 radical (unpaired) electrons. The first-order chi connectivity index (χ1) is 14.2. The van der Waals surface area contributed by atoms with Gasteiger partial charge in [-0.2, -0.15) is 13.2 Å². The Morgan fingerprint density at radius 3 is 2.57 bits per heavy atom. The number of benzene rings is 1. The summed E-state index contributed by atoms with van der Waals surface area (Å²) < 4.78 is 55.9. The number of halogens is 4. The van der Waals surface area contributed by atoms with E-state index in [0.717, 1.165) is 31.5 Å². The molecule has 1 fully saturated rings. The molecular weight excluding hydrogens is 402 g/mol. The van der Waals surface area contributed by atoms with Crippen molar-refractivity contribution in [2.24, 2.45) is 4.99 Å². The first-order valence-corrected chi connectivity index (χ1v) is 9.97. The summed E-state index contributed by atoms with van der Waals surface area (Å²) in [4.78, 5) is 7.64. The molecule has 0 aromatic heterocycles. The van der Waals surface area contributed by atoms with Crippen LogP contribution in [0.25, 0.3) is 0 Å². The number of ether oxygens (including phenoxy) is 1. The lowest BCUT2D eigenvalue weighted by molar-refractivity contribution is -0.142. The fourth-order valence-electron chi connectivity index (χ4n) is 3.44. The highest BCUT2D eigenvalue weighted by atomic mass is 19.4. The van der Waals surface area contributed by atoms with Crippen molar-refractivity contribution in [2.45, 2.75) is 31.6 Å². The zero-order valence-corrected chi connectivity index (χ0v) is 17.7. The Bertz CT molecular complexity index is 690. The number of aliphatic imine (C=N–C) groups is 1. The maximum absolute atomic E-state index is 13.8. The quantitative estimate of drug-likeness (QED) is 0.375. The van der Waals surface area contributed by atoms with E-state index in [9.17, 15) is 17.6 Å². The van der Waals surface area contributed by atoms with Crippen molar-refractivity contribution in [3.8, 4) is 5.75 Å². The van der Waals surface area contributed by atoms with Crippen LogP contribution in [0.5, 0.6) is 5.75 Å². The van der Waals surface area contributed by atoms with E-state index in [0.29, 0.717) is 19.0 Å². The van der Waals surface area contributed by atoms with Crippen LogP contribution in [0.4, 0.5) is 17.6 Å². The molecular formula is C20H31F4N5O. The van der Waals surface area contributed by atoms with Crippen LogP contribution in [-0.4, -0.2) is 81.9 Å². The van der Waals surface area contributed by atoms with Gasteiger partial charge in [-0.05, 0) is 37.6 Å². The number of nitrogens with one attached hydrogen (secondary N) is 2. The Morgan fingerprint density at radius 1 is 1.30 bits per heavy atom. The van der Waals surface area contributed by atoms with Crippen molar-refractivity contribution in [3.05, 3.63) is 29.6 Å². The van der Waals surface area contributed by atoms with Gasteiger partial charge in [0.2, 0.25) is 0 Å². The predicted octanol–water partition coefficient (Wildman–Crippen LogP) is 2.46. The highest BCUT2D eigenvalue weighted by Gasteiger charge is 2.29. The van der Waals surface area contributed by atoms with E-state index in [-0.39, 0.29) is 24.2 Å². The summed E-state index contributed by atoms with van der Waals surface area (Å²) in [6, 6.07) is 5.24. The fraction of sp³-hybridized carbons (Fsp3) is 0.650. The summed E-state index contributed by atoms with van der Waals surface area (Å²) >= 11 is 0. The minimum atomic E-state index is -4.19. The third kappa shape index (κ3) is 8.35. The topological polar surface area (TPSA) is 52.1 Å². The van der Waals surface area contributed by atoms with Gasteiger partial charge in [-0.1, -0.05) is 6.07 Å². The standard InChI is InChI=1S/C20H31F4N5O/c1-25-19(26-8-11-28(2)14-20(22,23)24)27-16-6-9-29(10-7-16)13-15-4-5-18(30-3)17(21)12-15/h4-5,12,16H,6-11,13-14H2,1-3H3,(H2,25,26,27). The fourth-order valence-corrected chi connectivity index (χ4v) is 3.44. The molecule has 0 amide bonds.